The second kappa shape index (κ2) is 10.4. The number of sulfone groups is 1. The van der Waals surface area contributed by atoms with Crippen molar-refractivity contribution in [2.24, 2.45) is 0 Å². The number of fused-ring (bicyclic) bond motifs is 2. The fourth-order valence-electron chi connectivity index (χ4n) is 5.64. The molecule has 13 heteroatoms. The number of thiazole rings is 1. The largest absolute Gasteiger partial charge is 0.351 e. The standard InChI is InChI=1S/C26H30FN7O3S2/c1-15(35)30-20-4-2-3-19(22(20)27)23-24(38-26(33-23)34-17-5-6-18(34)14-28-13-17)21-7-10-29-25(32-21)31-16-8-11-39(36,37)12-9-16/h2-4,7,10,16-18,28H,5-6,8-9,11-14H2,1H3,(H,30,35)(H,29,31,32). The number of piperazine rings is 1. The Balaban J connectivity index is 1.39. The number of amides is 1. The van der Waals surface area contributed by atoms with E-state index >= 15 is 4.39 Å². The molecule has 206 valence electrons. The minimum absolute atomic E-state index is 0.0384. The Morgan fingerprint density at radius 2 is 1.85 bits per heavy atom. The smallest absolute Gasteiger partial charge is 0.223 e. The van der Waals surface area contributed by atoms with Gasteiger partial charge in [0.05, 0.1) is 33.5 Å². The van der Waals surface area contributed by atoms with Crippen LogP contribution in [0.25, 0.3) is 21.8 Å². The van der Waals surface area contributed by atoms with Crippen LogP contribution < -0.4 is 20.9 Å². The summed E-state index contributed by atoms with van der Waals surface area (Å²) in [6.07, 6.45) is 4.80. The summed E-state index contributed by atoms with van der Waals surface area (Å²) in [6.45, 7) is 3.10. The molecular weight excluding hydrogens is 541 g/mol. The summed E-state index contributed by atoms with van der Waals surface area (Å²) in [5.41, 5.74) is 1.44. The Morgan fingerprint density at radius 1 is 1.10 bits per heavy atom. The van der Waals surface area contributed by atoms with Crippen molar-refractivity contribution in [2.75, 3.05) is 40.1 Å². The van der Waals surface area contributed by atoms with E-state index in [0.717, 1.165) is 31.1 Å². The van der Waals surface area contributed by atoms with Gasteiger partial charge in [0.25, 0.3) is 0 Å². The van der Waals surface area contributed by atoms with Crippen LogP contribution in [0, 0.1) is 5.82 Å². The van der Waals surface area contributed by atoms with Gasteiger partial charge < -0.3 is 20.9 Å². The van der Waals surface area contributed by atoms with Crippen LogP contribution in [0.4, 0.5) is 21.2 Å². The SMILES string of the molecule is CC(=O)Nc1cccc(-c2nc(N3C4CCC3CNC4)sc2-c2ccnc(NC3CCS(=O)(=O)CC3)n2)c1F. The molecule has 1 amide bonds. The number of rotatable bonds is 6. The number of hydrogen-bond donors (Lipinski definition) is 3. The van der Waals surface area contributed by atoms with E-state index in [4.69, 9.17) is 9.97 Å². The highest BCUT2D eigenvalue weighted by molar-refractivity contribution is 7.91. The molecule has 3 N–H and O–H groups in total. The Morgan fingerprint density at radius 3 is 2.56 bits per heavy atom. The molecule has 3 aliphatic heterocycles. The van der Waals surface area contributed by atoms with Crippen LogP contribution in [-0.2, 0) is 14.6 Å². The molecule has 0 radical (unpaired) electrons. The van der Waals surface area contributed by atoms with Crippen molar-refractivity contribution in [2.45, 2.75) is 50.7 Å². The highest BCUT2D eigenvalue weighted by atomic mass is 32.2. The van der Waals surface area contributed by atoms with Crippen molar-refractivity contribution in [3.63, 3.8) is 0 Å². The number of aromatic nitrogens is 3. The summed E-state index contributed by atoms with van der Waals surface area (Å²) >= 11 is 1.48. The van der Waals surface area contributed by atoms with Gasteiger partial charge in [-0.25, -0.2) is 27.8 Å². The summed E-state index contributed by atoms with van der Waals surface area (Å²) in [5, 5.41) is 10.2. The third kappa shape index (κ3) is 5.35. The molecule has 2 bridgehead atoms. The van der Waals surface area contributed by atoms with Crippen LogP contribution in [0.15, 0.2) is 30.5 Å². The van der Waals surface area contributed by atoms with Crippen molar-refractivity contribution in [3.8, 4) is 21.8 Å². The van der Waals surface area contributed by atoms with Crippen LogP contribution in [0.3, 0.4) is 0 Å². The maximum Gasteiger partial charge on any atom is 0.223 e. The molecule has 3 fully saturated rings. The summed E-state index contributed by atoms with van der Waals surface area (Å²) < 4.78 is 39.4. The second-order valence-electron chi connectivity index (χ2n) is 10.3. The first-order chi connectivity index (χ1) is 18.8. The van der Waals surface area contributed by atoms with E-state index in [9.17, 15) is 13.2 Å². The van der Waals surface area contributed by atoms with Crippen molar-refractivity contribution >= 4 is 43.8 Å². The first-order valence-electron chi connectivity index (χ1n) is 13.1. The third-order valence-corrected chi connectivity index (χ3v) is 10.4. The Bertz CT molecular complexity index is 1480. The number of benzene rings is 1. The lowest BCUT2D eigenvalue weighted by molar-refractivity contribution is -0.114. The van der Waals surface area contributed by atoms with Gasteiger partial charge in [0.2, 0.25) is 11.9 Å². The van der Waals surface area contributed by atoms with Crippen LogP contribution >= 0.6 is 11.3 Å². The average molecular weight is 572 g/mol. The molecule has 6 rings (SSSR count). The van der Waals surface area contributed by atoms with Crippen LogP contribution in [0.2, 0.25) is 0 Å². The van der Waals surface area contributed by atoms with Crippen molar-refractivity contribution in [1.82, 2.24) is 20.3 Å². The zero-order valence-electron chi connectivity index (χ0n) is 21.5. The molecule has 10 nitrogen and oxygen atoms in total. The molecule has 39 heavy (non-hydrogen) atoms. The molecule has 3 aliphatic rings. The zero-order chi connectivity index (χ0) is 27.1. The number of anilines is 3. The fraction of sp³-hybridized carbons (Fsp3) is 0.462. The number of nitrogens with zero attached hydrogens (tertiary/aromatic N) is 4. The minimum Gasteiger partial charge on any atom is -0.351 e. The molecule has 0 saturated carbocycles. The van der Waals surface area contributed by atoms with Gasteiger partial charge in [-0.15, -0.1) is 0 Å². The lowest BCUT2D eigenvalue weighted by atomic mass is 10.1. The molecule has 1 aromatic carbocycles. The minimum atomic E-state index is -2.98. The first kappa shape index (κ1) is 26.1. The van der Waals surface area contributed by atoms with Gasteiger partial charge in [0.15, 0.2) is 10.9 Å². The Hall–Kier alpha value is -3.16. The Labute approximate surface area is 230 Å². The third-order valence-electron chi connectivity index (χ3n) is 7.56. The number of nitrogens with one attached hydrogen (secondary N) is 3. The second-order valence-corrected chi connectivity index (χ2v) is 13.6. The van der Waals surface area contributed by atoms with E-state index in [0.29, 0.717) is 47.1 Å². The van der Waals surface area contributed by atoms with E-state index in [1.807, 2.05) is 0 Å². The molecule has 0 spiro atoms. The van der Waals surface area contributed by atoms with E-state index in [1.54, 1.807) is 24.4 Å². The summed E-state index contributed by atoms with van der Waals surface area (Å²) in [5.74, 6) is -0.227. The molecule has 3 aromatic rings. The highest BCUT2D eigenvalue weighted by Crippen LogP contribution is 2.44. The van der Waals surface area contributed by atoms with E-state index in [-0.39, 0.29) is 34.7 Å². The van der Waals surface area contributed by atoms with Crippen molar-refractivity contribution < 1.29 is 17.6 Å². The van der Waals surface area contributed by atoms with Crippen LogP contribution in [0.5, 0.6) is 0 Å². The normalized spacial score (nSPS) is 22.6. The van der Waals surface area contributed by atoms with E-state index in [2.05, 4.69) is 25.8 Å². The number of halogens is 1. The summed E-state index contributed by atoms with van der Waals surface area (Å²) in [7, 11) is -2.98. The van der Waals surface area contributed by atoms with Gasteiger partial charge in [-0.1, -0.05) is 17.4 Å². The van der Waals surface area contributed by atoms with Gasteiger partial charge in [-0.3, -0.25) is 4.79 Å². The van der Waals surface area contributed by atoms with Gasteiger partial charge in [0.1, 0.15) is 9.84 Å². The maximum absolute atomic E-state index is 15.7. The number of carbonyl (C=O) groups is 1. The predicted octanol–water partition coefficient (Wildman–Crippen LogP) is 3.29. The molecule has 0 aliphatic carbocycles. The summed E-state index contributed by atoms with van der Waals surface area (Å²) in [6, 6.07) is 7.29. The highest BCUT2D eigenvalue weighted by Gasteiger charge is 2.39. The number of hydrogen-bond acceptors (Lipinski definition) is 10. The van der Waals surface area contributed by atoms with Crippen molar-refractivity contribution in [1.29, 1.82) is 0 Å². The topological polar surface area (TPSA) is 129 Å². The van der Waals surface area contributed by atoms with Crippen LogP contribution in [-0.4, -0.2) is 72.0 Å². The molecule has 2 atom stereocenters. The van der Waals surface area contributed by atoms with Gasteiger partial charge in [-0.05, 0) is 43.9 Å². The maximum atomic E-state index is 15.7. The summed E-state index contributed by atoms with van der Waals surface area (Å²) in [4.78, 5) is 28.8. The average Bonchev–Trinajstić information content (AvgIpc) is 3.44. The van der Waals surface area contributed by atoms with Crippen LogP contribution in [0.1, 0.15) is 32.6 Å². The predicted molar refractivity (Wildman–Crippen MR) is 150 cm³/mol. The molecule has 3 saturated heterocycles. The van der Waals surface area contributed by atoms with Gasteiger partial charge in [-0.2, -0.15) is 0 Å². The Kier molecular flexibility index (Phi) is 6.98. The number of carbonyl (C=O) groups excluding carboxylic acids is 1. The fourth-order valence-corrected chi connectivity index (χ4v) is 8.32. The molecule has 2 unspecified atom stereocenters. The molecule has 2 aromatic heterocycles. The lowest BCUT2D eigenvalue weighted by Gasteiger charge is -2.35. The van der Waals surface area contributed by atoms with E-state index < -0.39 is 15.7 Å². The van der Waals surface area contributed by atoms with Gasteiger partial charge >= 0.3 is 0 Å². The first-order valence-corrected chi connectivity index (χ1v) is 15.8. The van der Waals surface area contributed by atoms with E-state index in [1.165, 1.54) is 24.3 Å². The van der Waals surface area contributed by atoms with Gasteiger partial charge in [0, 0.05) is 49.9 Å². The zero-order valence-corrected chi connectivity index (χ0v) is 23.1. The monoisotopic (exact) mass is 571 g/mol. The molecule has 5 heterocycles. The lowest BCUT2D eigenvalue weighted by Crippen LogP contribution is -2.51. The quantitative estimate of drug-likeness (QED) is 0.408. The molecular formula is C26H30FN7O3S2. The van der Waals surface area contributed by atoms with Crippen molar-refractivity contribution in [3.05, 3.63) is 36.3 Å².